The number of hydrogen-bond donors (Lipinski definition) is 1. The van der Waals surface area contributed by atoms with Gasteiger partial charge in [-0.25, -0.2) is 4.68 Å². The maximum atomic E-state index is 11.7. The molecule has 0 spiro atoms. The molecule has 0 fully saturated rings. The number of carbonyl (C=O) groups excluding carboxylic acids is 1. The second-order valence-corrected chi connectivity index (χ2v) is 4.29. The molecule has 1 heterocycles. The molecule has 0 unspecified atom stereocenters. The van der Waals surface area contributed by atoms with Gasteiger partial charge in [0.2, 0.25) is 5.91 Å². The van der Waals surface area contributed by atoms with Gasteiger partial charge in [-0.2, -0.15) is 5.10 Å². The van der Waals surface area contributed by atoms with Crippen LogP contribution in [-0.2, 0) is 4.79 Å². The van der Waals surface area contributed by atoms with E-state index in [1.165, 1.54) is 0 Å². The van der Waals surface area contributed by atoms with Crippen LogP contribution in [0.15, 0.2) is 36.7 Å². The first-order valence-electron chi connectivity index (χ1n) is 5.80. The normalized spacial score (nSPS) is 10.3. The standard InChI is InChI=1S/C13H14ClN3O/c1-2-5-12(18)16-11-7-3-6-10(14)13(11)17-9-4-8-15-17/h3-4,6-9H,2,5H2,1H3,(H,16,18). The highest BCUT2D eigenvalue weighted by atomic mass is 35.5. The molecule has 0 aliphatic rings. The first-order valence-corrected chi connectivity index (χ1v) is 6.18. The number of hydrogen-bond acceptors (Lipinski definition) is 2. The van der Waals surface area contributed by atoms with Crippen molar-refractivity contribution in [3.05, 3.63) is 41.7 Å². The summed E-state index contributed by atoms with van der Waals surface area (Å²) in [7, 11) is 0. The van der Waals surface area contributed by atoms with Crippen LogP contribution in [-0.4, -0.2) is 15.7 Å². The van der Waals surface area contributed by atoms with Gasteiger partial charge >= 0.3 is 0 Å². The van der Waals surface area contributed by atoms with E-state index in [9.17, 15) is 4.79 Å². The second kappa shape index (κ2) is 5.69. The second-order valence-electron chi connectivity index (χ2n) is 3.88. The molecule has 4 nitrogen and oxygen atoms in total. The monoisotopic (exact) mass is 263 g/mol. The van der Waals surface area contributed by atoms with E-state index in [-0.39, 0.29) is 5.91 Å². The van der Waals surface area contributed by atoms with Crippen molar-refractivity contribution in [1.82, 2.24) is 9.78 Å². The average Bonchev–Trinajstić information content (AvgIpc) is 2.82. The van der Waals surface area contributed by atoms with Crippen molar-refractivity contribution in [3.8, 4) is 5.69 Å². The third-order valence-corrected chi connectivity index (χ3v) is 2.78. The first-order chi connectivity index (χ1) is 8.72. The van der Waals surface area contributed by atoms with E-state index < -0.39 is 0 Å². The minimum Gasteiger partial charge on any atom is -0.324 e. The fraction of sp³-hybridized carbons (Fsp3) is 0.231. The highest BCUT2D eigenvalue weighted by Gasteiger charge is 2.11. The fourth-order valence-corrected chi connectivity index (χ4v) is 1.95. The number of benzene rings is 1. The van der Waals surface area contributed by atoms with Crippen LogP contribution in [0.4, 0.5) is 5.69 Å². The largest absolute Gasteiger partial charge is 0.324 e. The zero-order chi connectivity index (χ0) is 13.0. The smallest absolute Gasteiger partial charge is 0.224 e. The van der Waals surface area contributed by atoms with Crippen molar-refractivity contribution >= 4 is 23.2 Å². The SMILES string of the molecule is CCCC(=O)Nc1cccc(Cl)c1-n1cccn1. The maximum absolute atomic E-state index is 11.7. The third-order valence-electron chi connectivity index (χ3n) is 2.47. The summed E-state index contributed by atoms with van der Waals surface area (Å²) >= 11 is 6.17. The Morgan fingerprint density at radius 3 is 2.94 bits per heavy atom. The number of nitrogens with zero attached hydrogens (tertiary/aromatic N) is 2. The molecule has 0 saturated carbocycles. The van der Waals surface area contributed by atoms with Crippen molar-refractivity contribution in [1.29, 1.82) is 0 Å². The molecule has 1 N–H and O–H groups in total. The summed E-state index contributed by atoms with van der Waals surface area (Å²) in [5.74, 6) is -0.0202. The van der Waals surface area contributed by atoms with Gasteiger partial charge in [0.15, 0.2) is 0 Å². The Balaban J connectivity index is 2.36. The molecule has 94 valence electrons. The number of amides is 1. The molecule has 1 aromatic carbocycles. The molecular formula is C13H14ClN3O. The van der Waals surface area contributed by atoms with E-state index in [1.807, 2.05) is 13.0 Å². The number of anilines is 1. The Hall–Kier alpha value is -1.81. The summed E-state index contributed by atoms with van der Waals surface area (Å²) < 4.78 is 1.64. The molecule has 18 heavy (non-hydrogen) atoms. The lowest BCUT2D eigenvalue weighted by molar-refractivity contribution is -0.116. The molecule has 0 bridgehead atoms. The summed E-state index contributed by atoms with van der Waals surface area (Å²) in [4.78, 5) is 11.7. The highest BCUT2D eigenvalue weighted by molar-refractivity contribution is 6.33. The lowest BCUT2D eigenvalue weighted by Crippen LogP contribution is -2.13. The molecule has 0 aliphatic carbocycles. The molecule has 1 amide bonds. The van der Waals surface area contributed by atoms with Gasteiger partial charge < -0.3 is 5.32 Å². The van der Waals surface area contributed by atoms with Crippen molar-refractivity contribution in [2.24, 2.45) is 0 Å². The van der Waals surface area contributed by atoms with Crippen molar-refractivity contribution in [2.75, 3.05) is 5.32 Å². The third kappa shape index (κ3) is 2.71. The van der Waals surface area contributed by atoms with E-state index in [1.54, 1.807) is 35.3 Å². The van der Waals surface area contributed by atoms with Gasteiger partial charge in [0, 0.05) is 18.8 Å². The highest BCUT2D eigenvalue weighted by Crippen LogP contribution is 2.28. The summed E-state index contributed by atoms with van der Waals surface area (Å²) in [6.45, 7) is 1.96. The van der Waals surface area contributed by atoms with Crippen LogP contribution >= 0.6 is 11.6 Å². The predicted octanol–water partition coefficient (Wildman–Crippen LogP) is 3.26. The minimum absolute atomic E-state index is 0.0202. The summed E-state index contributed by atoms with van der Waals surface area (Å²) in [6, 6.07) is 7.20. The van der Waals surface area contributed by atoms with Gasteiger partial charge in [0.1, 0.15) is 5.69 Å². The molecule has 0 aliphatic heterocycles. The molecule has 0 radical (unpaired) electrons. The zero-order valence-corrected chi connectivity index (χ0v) is 10.8. The van der Waals surface area contributed by atoms with E-state index in [0.29, 0.717) is 22.8 Å². The van der Waals surface area contributed by atoms with Crippen LogP contribution in [0.1, 0.15) is 19.8 Å². The van der Waals surface area contributed by atoms with Crippen molar-refractivity contribution in [2.45, 2.75) is 19.8 Å². The van der Waals surface area contributed by atoms with Gasteiger partial charge in [0.05, 0.1) is 10.7 Å². The zero-order valence-electron chi connectivity index (χ0n) is 10.1. The van der Waals surface area contributed by atoms with Crippen LogP contribution in [0.25, 0.3) is 5.69 Å². The summed E-state index contributed by atoms with van der Waals surface area (Å²) in [5, 5.41) is 7.55. The molecule has 2 rings (SSSR count). The van der Waals surface area contributed by atoms with Gasteiger partial charge in [-0.05, 0) is 24.6 Å². The Bertz CT molecular complexity index is 537. The molecule has 0 saturated heterocycles. The lowest BCUT2D eigenvalue weighted by Gasteiger charge is -2.12. The van der Waals surface area contributed by atoms with Gasteiger partial charge in [-0.1, -0.05) is 24.6 Å². The van der Waals surface area contributed by atoms with Gasteiger partial charge in [-0.15, -0.1) is 0 Å². The van der Waals surface area contributed by atoms with Crippen LogP contribution < -0.4 is 5.32 Å². The van der Waals surface area contributed by atoms with Crippen molar-refractivity contribution in [3.63, 3.8) is 0 Å². The lowest BCUT2D eigenvalue weighted by atomic mass is 10.2. The number of aromatic nitrogens is 2. The molecule has 1 aromatic heterocycles. The molecule has 2 aromatic rings. The van der Waals surface area contributed by atoms with Crippen LogP contribution in [0.2, 0.25) is 5.02 Å². The maximum Gasteiger partial charge on any atom is 0.224 e. The molecule has 5 heteroatoms. The quantitative estimate of drug-likeness (QED) is 0.920. The predicted molar refractivity (Wildman–Crippen MR) is 72.1 cm³/mol. The van der Waals surface area contributed by atoms with Crippen LogP contribution in [0.5, 0.6) is 0 Å². The summed E-state index contributed by atoms with van der Waals surface area (Å²) in [6.07, 6.45) is 4.76. The van der Waals surface area contributed by atoms with Gasteiger partial charge in [0.25, 0.3) is 0 Å². The van der Waals surface area contributed by atoms with E-state index in [2.05, 4.69) is 10.4 Å². The van der Waals surface area contributed by atoms with Crippen molar-refractivity contribution < 1.29 is 4.79 Å². The number of halogens is 1. The molecule has 0 atom stereocenters. The van der Waals surface area contributed by atoms with E-state index in [0.717, 1.165) is 6.42 Å². The number of para-hydroxylation sites is 1. The Morgan fingerprint density at radius 2 is 2.28 bits per heavy atom. The number of rotatable bonds is 4. The van der Waals surface area contributed by atoms with Gasteiger partial charge in [-0.3, -0.25) is 4.79 Å². The van der Waals surface area contributed by atoms with E-state index >= 15 is 0 Å². The average molecular weight is 264 g/mol. The first kappa shape index (κ1) is 12.6. The Kier molecular flexibility index (Phi) is 3.99. The summed E-state index contributed by atoms with van der Waals surface area (Å²) in [5.41, 5.74) is 1.36. The topological polar surface area (TPSA) is 46.9 Å². The number of carbonyl (C=O) groups is 1. The fourth-order valence-electron chi connectivity index (χ4n) is 1.69. The minimum atomic E-state index is -0.0202. The number of nitrogens with one attached hydrogen (secondary N) is 1. The Morgan fingerprint density at radius 1 is 1.44 bits per heavy atom. The Labute approximate surface area is 111 Å². The molecular weight excluding hydrogens is 250 g/mol. The van der Waals surface area contributed by atoms with Crippen LogP contribution in [0.3, 0.4) is 0 Å². The van der Waals surface area contributed by atoms with E-state index in [4.69, 9.17) is 11.6 Å². The van der Waals surface area contributed by atoms with Crippen LogP contribution in [0, 0.1) is 0 Å².